The summed E-state index contributed by atoms with van der Waals surface area (Å²) >= 11 is 0. The molecule has 1 amide bonds. The minimum Gasteiger partial charge on any atom is -0.354 e. The second-order valence-electron chi connectivity index (χ2n) is 9.26. The number of hydrogen-bond donors (Lipinski definition) is 0. The predicted octanol–water partition coefficient (Wildman–Crippen LogP) is 5.02. The lowest BCUT2D eigenvalue weighted by Crippen LogP contribution is -2.39. The van der Waals surface area contributed by atoms with Crippen molar-refractivity contribution in [3.63, 3.8) is 0 Å². The molecule has 1 saturated heterocycles. The Balaban J connectivity index is 1.60. The van der Waals surface area contributed by atoms with E-state index in [1.165, 1.54) is 0 Å². The van der Waals surface area contributed by atoms with Crippen LogP contribution in [-0.2, 0) is 11.2 Å². The number of fused-ring (bicyclic) bond motifs is 1. The van der Waals surface area contributed by atoms with Crippen LogP contribution in [0.4, 0.5) is 5.82 Å². The Bertz CT molecular complexity index is 1080. The van der Waals surface area contributed by atoms with Gasteiger partial charge in [-0.25, -0.2) is 14.6 Å². The van der Waals surface area contributed by atoms with E-state index in [9.17, 15) is 4.79 Å². The van der Waals surface area contributed by atoms with Crippen LogP contribution in [0.5, 0.6) is 0 Å². The summed E-state index contributed by atoms with van der Waals surface area (Å²) in [6.45, 7) is 9.70. The standard InChI is InChI=1S/C27H38N6O/c1-4-7-13-21(6-3)27(34)32-17-11-16-31(18-19-32)25-23-20-28-33(22-14-9-8-10-15-22)26(23)30-24(29-25)12-5-2/h8-10,14-15,20-21H,4-7,11-13,16-19H2,1-3H3/t21-/m1/s1. The van der Waals surface area contributed by atoms with Crippen LogP contribution >= 0.6 is 0 Å². The van der Waals surface area contributed by atoms with E-state index < -0.39 is 0 Å². The van der Waals surface area contributed by atoms with Crippen LogP contribution in [0.25, 0.3) is 16.7 Å². The molecule has 1 fully saturated rings. The molecular formula is C27H38N6O. The number of aryl methyl sites for hydroxylation is 1. The maximum Gasteiger partial charge on any atom is 0.225 e. The van der Waals surface area contributed by atoms with E-state index >= 15 is 0 Å². The maximum absolute atomic E-state index is 13.2. The highest BCUT2D eigenvalue weighted by Crippen LogP contribution is 2.27. The first-order valence-corrected chi connectivity index (χ1v) is 13.0. The van der Waals surface area contributed by atoms with E-state index in [2.05, 4.69) is 35.7 Å². The summed E-state index contributed by atoms with van der Waals surface area (Å²) in [4.78, 5) is 27.5. The number of nitrogens with zero attached hydrogens (tertiary/aromatic N) is 6. The fourth-order valence-corrected chi connectivity index (χ4v) is 4.83. The van der Waals surface area contributed by atoms with Gasteiger partial charge in [0, 0.05) is 38.5 Å². The number of carbonyl (C=O) groups is 1. The summed E-state index contributed by atoms with van der Waals surface area (Å²) in [5, 5.41) is 5.64. The third-order valence-corrected chi connectivity index (χ3v) is 6.78. The first-order valence-electron chi connectivity index (χ1n) is 13.0. The van der Waals surface area contributed by atoms with E-state index in [1.807, 2.05) is 41.2 Å². The zero-order chi connectivity index (χ0) is 23.9. The monoisotopic (exact) mass is 462 g/mol. The van der Waals surface area contributed by atoms with E-state index in [1.54, 1.807) is 0 Å². The van der Waals surface area contributed by atoms with Gasteiger partial charge in [0.05, 0.1) is 17.3 Å². The van der Waals surface area contributed by atoms with Gasteiger partial charge in [0.15, 0.2) is 5.65 Å². The minimum atomic E-state index is 0.150. The highest BCUT2D eigenvalue weighted by Gasteiger charge is 2.26. The number of benzene rings is 1. The van der Waals surface area contributed by atoms with Crippen molar-refractivity contribution in [1.29, 1.82) is 0 Å². The number of amides is 1. The number of carbonyl (C=O) groups excluding carboxylic acids is 1. The van der Waals surface area contributed by atoms with Crippen LogP contribution in [0.2, 0.25) is 0 Å². The Morgan fingerprint density at radius 3 is 2.56 bits per heavy atom. The first kappa shape index (κ1) is 24.2. The molecule has 0 radical (unpaired) electrons. The molecule has 2 aromatic heterocycles. The molecule has 182 valence electrons. The number of aromatic nitrogens is 4. The van der Waals surface area contributed by atoms with Gasteiger partial charge < -0.3 is 9.80 Å². The predicted molar refractivity (Wildman–Crippen MR) is 137 cm³/mol. The van der Waals surface area contributed by atoms with Crippen LogP contribution in [0.15, 0.2) is 36.5 Å². The Hall–Kier alpha value is -2.96. The molecule has 0 aliphatic carbocycles. The SMILES string of the molecule is CCCC[C@@H](CC)C(=O)N1CCCN(c2nc(CCC)nc3c2cnn3-c2ccccc2)CC1. The summed E-state index contributed by atoms with van der Waals surface area (Å²) in [5.74, 6) is 2.28. The third-order valence-electron chi connectivity index (χ3n) is 6.78. The zero-order valence-corrected chi connectivity index (χ0v) is 20.9. The number of hydrogen-bond acceptors (Lipinski definition) is 5. The Kier molecular flexibility index (Phi) is 8.14. The molecule has 0 N–H and O–H groups in total. The normalized spacial score (nSPS) is 15.5. The van der Waals surface area contributed by atoms with Crippen molar-refractivity contribution in [2.24, 2.45) is 5.92 Å². The Morgan fingerprint density at radius 1 is 1.00 bits per heavy atom. The fraction of sp³-hybridized carbons (Fsp3) is 0.556. The van der Waals surface area contributed by atoms with Gasteiger partial charge in [-0.1, -0.05) is 51.8 Å². The van der Waals surface area contributed by atoms with Crippen LogP contribution in [0.1, 0.15) is 65.1 Å². The topological polar surface area (TPSA) is 67.2 Å². The van der Waals surface area contributed by atoms with E-state index in [4.69, 9.17) is 9.97 Å². The van der Waals surface area contributed by atoms with Gasteiger partial charge >= 0.3 is 0 Å². The van der Waals surface area contributed by atoms with Crippen molar-refractivity contribution < 1.29 is 4.79 Å². The molecule has 1 aliphatic rings. The summed E-state index contributed by atoms with van der Waals surface area (Å²) < 4.78 is 1.91. The summed E-state index contributed by atoms with van der Waals surface area (Å²) in [7, 11) is 0. The molecule has 7 nitrogen and oxygen atoms in total. The van der Waals surface area contributed by atoms with Gasteiger partial charge in [-0.15, -0.1) is 0 Å². The lowest BCUT2D eigenvalue weighted by Gasteiger charge is -2.26. The fourth-order valence-electron chi connectivity index (χ4n) is 4.83. The Labute approximate surface area is 203 Å². The molecule has 0 spiro atoms. The molecule has 34 heavy (non-hydrogen) atoms. The number of unbranched alkanes of at least 4 members (excludes halogenated alkanes) is 1. The lowest BCUT2D eigenvalue weighted by atomic mass is 9.97. The summed E-state index contributed by atoms with van der Waals surface area (Å²) in [5.41, 5.74) is 1.84. The second kappa shape index (κ2) is 11.4. The molecular weight excluding hydrogens is 424 g/mol. The van der Waals surface area contributed by atoms with Crippen molar-refractivity contribution in [2.45, 2.75) is 65.7 Å². The molecule has 4 rings (SSSR count). The average Bonchev–Trinajstić information content (AvgIpc) is 3.13. The molecule has 0 saturated carbocycles. The van der Waals surface area contributed by atoms with Crippen molar-refractivity contribution in [2.75, 3.05) is 31.1 Å². The highest BCUT2D eigenvalue weighted by atomic mass is 16.2. The molecule has 7 heteroatoms. The Morgan fingerprint density at radius 2 is 1.82 bits per heavy atom. The van der Waals surface area contributed by atoms with Gasteiger partial charge in [-0.2, -0.15) is 5.10 Å². The largest absolute Gasteiger partial charge is 0.354 e. The molecule has 1 aliphatic heterocycles. The van der Waals surface area contributed by atoms with Crippen LogP contribution in [0.3, 0.4) is 0 Å². The highest BCUT2D eigenvalue weighted by molar-refractivity contribution is 5.88. The molecule has 0 bridgehead atoms. The van der Waals surface area contributed by atoms with Gasteiger partial charge in [-0.05, 0) is 37.8 Å². The number of para-hydroxylation sites is 1. The van der Waals surface area contributed by atoms with Gasteiger partial charge in [0.1, 0.15) is 11.6 Å². The quantitative estimate of drug-likeness (QED) is 0.446. The number of anilines is 1. The first-order chi connectivity index (χ1) is 16.7. The summed E-state index contributed by atoms with van der Waals surface area (Å²) in [6, 6.07) is 10.1. The van der Waals surface area contributed by atoms with Gasteiger partial charge in [-0.3, -0.25) is 4.79 Å². The van der Waals surface area contributed by atoms with E-state index in [-0.39, 0.29) is 5.92 Å². The van der Waals surface area contributed by atoms with Crippen molar-refractivity contribution in [1.82, 2.24) is 24.6 Å². The van der Waals surface area contributed by atoms with Crippen LogP contribution in [-0.4, -0.2) is 56.7 Å². The molecule has 1 atom stereocenters. The molecule has 3 heterocycles. The lowest BCUT2D eigenvalue weighted by molar-refractivity contribution is -0.135. The third kappa shape index (κ3) is 5.24. The number of rotatable bonds is 9. The van der Waals surface area contributed by atoms with Crippen LogP contribution in [0, 0.1) is 5.92 Å². The summed E-state index contributed by atoms with van der Waals surface area (Å²) in [6.07, 6.45) is 8.82. The van der Waals surface area contributed by atoms with Crippen molar-refractivity contribution in [3.8, 4) is 5.69 Å². The zero-order valence-electron chi connectivity index (χ0n) is 20.9. The van der Waals surface area contributed by atoms with E-state index in [0.717, 1.165) is 99.5 Å². The van der Waals surface area contributed by atoms with Crippen LogP contribution < -0.4 is 4.90 Å². The van der Waals surface area contributed by atoms with Gasteiger partial charge in [0.25, 0.3) is 0 Å². The smallest absolute Gasteiger partial charge is 0.225 e. The maximum atomic E-state index is 13.2. The molecule has 1 aromatic carbocycles. The molecule has 0 unspecified atom stereocenters. The minimum absolute atomic E-state index is 0.150. The van der Waals surface area contributed by atoms with E-state index in [0.29, 0.717) is 5.91 Å². The van der Waals surface area contributed by atoms with Crippen molar-refractivity contribution >= 4 is 22.8 Å². The average molecular weight is 463 g/mol. The van der Waals surface area contributed by atoms with Gasteiger partial charge in [0.2, 0.25) is 5.91 Å². The molecule has 3 aromatic rings. The van der Waals surface area contributed by atoms with Crippen molar-refractivity contribution in [3.05, 3.63) is 42.4 Å². The second-order valence-corrected chi connectivity index (χ2v) is 9.26.